The van der Waals surface area contributed by atoms with E-state index in [0.717, 1.165) is 61.5 Å². The average molecular weight is 492 g/mol. The zero-order valence-electron chi connectivity index (χ0n) is 20.5. The average Bonchev–Trinajstić information content (AvgIpc) is 3.22. The number of amides is 1. The Labute approximate surface area is 213 Å². The standard InChI is InChI=1S/C29H34ClN3O2/c1-35-25-16-12-22(13-17-25)27(32-18-6-3-7-19-32)28-31-26(20-21-10-14-23(30)15-11-21)29(34)33(28)24-8-4-2-5-9-24/h10-17,20,24,27H,2-9,18-19H2,1H3/b26-20-. The van der Waals surface area contributed by atoms with Crippen LogP contribution in [0.4, 0.5) is 0 Å². The molecule has 6 heteroatoms. The second-order valence-electron chi connectivity index (χ2n) is 9.79. The van der Waals surface area contributed by atoms with E-state index in [9.17, 15) is 4.79 Å². The summed E-state index contributed by atoms with van der Waals surface area (Å²) in [6.07, 6.45) is 11.1. The van der Waals surface area contributed by atoms with E-state index in [4.69, 9.17) is 21.3 Å². The van der Waals surface area contributed by atoms with Crippen molar-refractivity contribution in [3.63, 3.8) is 0 Å². The molecule has 184 valence electrons. The van der Waals surface area contributed by atoms with Gasteiger partial charge in [-0.25, -0.2) is 4.99 Å². The maximum Gasteiger partial charge on any atom is 0.278 e. The maximum atomic E-state index is 13.9. The van der Waals surface area contributed by atoms with Crippen molar-refractivity contribution >= 4 is 29.4 Å². The molecule has 2 aromatic carbocycles. The number of carbonyl (C=O) groups is 1. The van der Waals surface area contributed by atoms with Gasteiger partial charge < -0.3 is 4.74 Å². The summed E-state index contributed by atoms with van der Waals surface area (Å²) in [6.45, 7) is 2.03. The minimum Gasteiger partial charge on any atom is -0.497 e. The smallest absolute Gasteiger partial charge is 0.278 e. The van der Waals surface area contributed by atoms with Crippen LogP contribution < -0.4 is 4.74 Å². The molecule has 1 saturated carbocycles. The van der Waals surface area contributed by atoms with Gasteiger partial charge in [-0.15, -0.1) is 0 Å². The number of methoxy groups -OCH3 is 1. The number of hydrogen-bond donors (Lipinski definition) is 0. The second-order valence-corrected chi connectivity index (χ2v) is 10.2. The Hall–Kier alpha value is -2.63. The number of nitrogens with zero attached hydrogens (tertiary/aromatic N) is 3. The molecule has 5 nitrogen and oxygen atoms in total. The van der Waals surface area contributed by atoms with Crippen LogP contribution in [0.2, 0.25) is 5.02 Å². The third kappa shape index (κ3) is 5.31. The Kier molecular flexibility index (Phi) is 7.54. The van der Waals surface area contributed by atoms with Crippen molar-refractivity contribution < 1.29 is 9.53 Å². The highest BCUT2D eigenvalue weighted by Gasteiger charge is 2.42. The summed E-state index contributed by atoms with van der Waals surface area (Å²) in [7, 11) is 1.69. The van der Waals surface area contributed by atoms with Crippen LogP contribution in [0.1, 0.15) is 68.5 Å². The first-order valence-corrected chi connectivity index (χ1v) is 13.3. The number of aliphatic imine (C=N–C) groups is 1. The van der Waals surface area contributed by atoms with Gasteiger partial charge in [0.1, 0.15) is 17.3 Å². The highest BCUT2D eigenvalue weighted by molar-refractivity contribution is 6.30. The molecule has 0 bridgehead atoms. The number of likely N-dealkylation sites (tertiary alicyclic amines) is 1. The lowest BCUT2D eigenvalue weighted by Gasteiger charge is -2.40. The Morgan fingerprint density at radius 3 is 2.26 bits per heavy atom. The molecule has 5 rings (SSSR count). The Morgan fingerprint density at radius 1 is 0.943 bits per heavy atom. The van der Waals surface area contributed by atoms with Crippen LogP contribution in [0, 0.1) is 0 Å². The minimum atomic E-state index is -0.0526. The van der Waals surface area contributed by atoms with Crippen molar-refractivity contribution in [1.29, 1.82) is 0 Å². The Balaban J connectivity index is 1.58. The third-order valence-electron chi connectivity index (χ3n) is 7.46. The molecule has 0 N–H and O–H groups in total. The molecule has 1 saturated heterocycles. The highest BCUT2D eigenvalue weighted by atomic mass is 35.5. The topological polar surface area (TPSA) is 45.1 Å². The lowest BCUT2D eigenvalue weighted by molar-refractivity contribution is -0.124. The molecular formula is C29H34ClN3O2. The van der Waals surface area contributed by atoms with Gasteiger partial charge in [0.25, 0.3) is 5.91 Å². The molecule has 0 aromatic heterocycles. The summed E-state index contributed by atoms with van der Waals surface area (Å²) in [5.74, 6) is 1.74. The van der Waals surface area contributed by atoms with E-state index in [-0.39, 0.29) is 18.0 Å². The van der Waals surface area contributed by atoms with E-state index in [1.807, 2.05) is 47.4 Å². The summed E-state index contributed by atoms with van der Waals surface area (Å²) < 4.78 is 5.42. The van der Waals surface area contributed by atoms with Crippen LogP contribution in [0.15, 0.2) is 59.2 Å². The summed E-state index contributed by atoms with van der Waals surface area (Å²) in [4.78, 5) is 23.5. The molecular weight excluding hydrogens is 458 g/mol. The summed E-state index contributed by atoms with van der Waals surface area (Å²) in [6, 6.07) is 16.0. The first-order valence-electron chi connectivity index (χ1n) is 12.9. The third-order valence-corrected chi connectivity index (χ3v) is 7.72. The summed E-state index contributed by atoms with van der Waals surface area (Å²) >= 11 is 6.08. The van der Waals surface area contributed by atoms with Crippen LogP contribution in [-0.4, -0.2) is 47.8 Å². The molecule has 1 aliphatic carbocycles. The highest BCUT2D eigenvalue weighted by Crippen LogP contribution is 2.36. The van der Waals surface area contributed by atoms with Crippen molar-refractivity contribution in [1.82, 2.24) is 9.80 Å². The lowest BCUT2D eigenvalue weighted by atomic mass is 9.92. The van der Waals surface area contributed by atoms with Crippen molar-refractivity contribution in [2.45, 2.75) is 63.5 Å². The van der Waals surface area contributed by atoms with Gasteiger partial charge in [0, 0.05) is 11.1 Å². The molecule has 2 fully saturated rings. The summed E-state index contributed by atoms with van der Waals surface area (Å²) in [5.41, 5.74) is 2.61. The van der Waals surface area contributed by atoms with E-state index < -0.39 is 0 Å². The fraction of sp³-hybridized carbons (Fsp3) is 0.448. The number of amidine groups is 1. The maximum absolute atomic E-state index is 13.9. The predicted octanol–water partition coefficient (Wildman–Crippen LogP) is 6.49. The largest absolute Gasteiger partial charge is 0.497 e. The monoisotopic (exact) mass is 491 g/mol. The molecule has 1 atom stereocenters. The summed E-state index contributed by atoms with van der Waals surface area (Å²) in [5, 5.41) is 0.683. The van der Waals surface area contributed by atoms with E-state index in [1.165, 1.54) is 25.7 Å². The number of rotatable bonds is 6. The lowest BCUT2D eigenvalue weighted by Crippen LogP contribution is -2.49. The van der Waals surface area contributed by atoms with Crippen molar-refractivity contribution in [2.75, 3.05) is 20.2 Å². The van der Waals surface area contributed by atoms with Gasteiger partial charge in [0.2, 0.25) is 0 Å². The molecule has 1 unspecified atom stereocenters. The normalized spacial score (nSPS) is 21.9. The molecule has 2 aliphatic heterocycles. The molecule has 0 spiro atoms. The van der Waals surface area contributed by atoms with E-state index in [0.29, 0.717) is 10.7 Å². The molecule has 1 amide bonds. The number of carbonyl (C=O) groups excluding carboxylic acids is 1. The van der Waals surface area contributed by atoms with Crippen molar-refractivity contribution in [3.05, 3.63) is 70.4 Å². The molecule has 35 heavy (non-hydrogen) atoms. The van der Waals surface area contributed by atoms with Crippen LogP contribution in [0.3, 0.4) is 0 Å². The second kappa shape index (κ2) is 11.0. The number of halogens is 1. The fourth-order valence-electron chi connectivity index (χ4n) is 5.63. The van der Waals surface area contributed by atoms with Gasteiger partial charge >= 0.3 is 0 Å². The first-order chi connectivity index (χ1) is 17.1. The Bertz CT molecular complexity index is 1080. The molecule has 0 radical (unpaired) electrons. The van der Waals surface area contributed by atoms with E-state index in [1.54, 1.807) is 7.11 Å². The van der Waals surface area contributed by atoms with Gasteiger partial charge in [-0.1, -0.05) is 61.5 Å². The van der Waals surface area contributed by atoms with Gasteiger partial charge in [-0.05, 0) is 80.2 Å². The SMILES string of the molecule is COc1ccc(C(C2=N/C(=C\c3ccc(Cl)cc3)C(=O)N2C2CCCCC2)N2CCCCC2)cc1. The van der Waals surface area contributed by atoms with Gasteiger partial charge in [0.05, 0.1) is 13.2 Å². The van der Waals surface area contributed by atoms with Crippen LogP contribution >= 0.6 is 11.6 Å². The van der Waals surface area contributed by atoms with Crippen molar-refractivity contribution in [3.8, 4) is 5.75 Å². The Morgan fingerprint density at radius 2 is 1.60 bits per heavy atom. The number of benzene rings is 2. The van der Waals surface area contributed by atoms with Crippen LogP contribution in [0.25, 0.3) is 6.08 Å². The zero-order chi connectivity index (χ0) is 24.2. The van der Waals surface area contributed by atoms with Gasteiger partial charge in [-0.3, -0.25) is 14.6 Å². The zero-order valence-corrected chi connectivity index (χ0v) is 21.2. The van der Waals surface area contributed by atoms with Gasteiger partial charge in [0.15, 0.2) is 0 Å². The number of ether oxygens (including phenoxy) is 1. The molecule has 2 heterocycles. The van der Waals surface area contributed by atoms with Gasteiger partial charge in [-0.2, -0.15) is 0 Å². The van der Waals surface area contributed by atoms with E-state index >= 15 is 0 Å². The van der Waals surface area contributed by atoms with Crippen LogP contribution in [-0.2, 0) is 4.79 Å². The first kappa shape index (κ1) is 24.1. The predicted molar refractivity (Wildman–Crippen MR) is 142 cm³/mol. The van der Waals surface area contributed by atoms with E-state index in [2.05, 4.69) is 17.0 Å². The minimum absolute atomic E-state index is 0.0253. The molecule has 2 aromatic rings. The quantitative estimate of drug-likeness (QED) is 0.434. The molecule has 3 aliphatic rings. The fourth-order valence-corrected chi connectivity index (χ4v) is 5.76. The van der Waals surface area contributed by atoms with Crippen molar-refractivity contribution in [2.24, 2.45) is 4.99 Å². The number of hydrogen-bond acceptors (Lipinski definition) is 4. The number of piperidine rings is 1. The van der Waals surface area contributed by atoms with Crippen LogP contribution in [0.5, 0.6) is 5.75 Å².